The van der Waals surface area contributed by atoms with E-state index in [1.54, 1.807) is 18.3 Å². The number of benzene rings is 1. The summed E-state index contributed by atoms with van der Waals surface area (Å²) in [6.07, 6.45) is 1.02. The Hall–Kier alpha value is -1.13. The lowest BCUT2D eigenvalue weighted by Crippen LogP contribution is -2.24. The predicted molar refractivity (Wildman–Crippen MR) is 82.1 cm³/mol. The maximum Gasteiger partial charge on any atom is 0.129 e. The van der Waals surface area contributed by atoms with Gasteiger partial charge in [-0.1, -0.05) is 41.4 Å². The van der Waals surface area contributed by atoms with Gasteiger partial charge >= 0.3 is 0 Å². The molecular formula is C15H16Cl2N2O. The second kappa shape index (κ2) is 7.04. The number of pyridine rings is 1. The lowest BCUT2D eigenvalue weighted by molar-refractivity contribution is 0.171. The Bertz CT molecular complexity index is 577. The Balaban J connectivity index is 1.97. The van der Waals surface area contributed by atoms with Gasteiger partial charge in [0.2, 0.25) is 0 Å². The van der Waals surface area contributed by atoms with Gasteiger partial charge in [0.15, 0.2) is 0 Å². The number of aromatic nitrogens is 1. The molecule has 106 valence electrons. The zero-order chi connectivity index (χ0) is 14.5. The minimum absolute atomic E-state index is 0.0626. The molecule has 2 atom stereocenters. The molecule has 3 nitrogen and oxygen atoms in total. The summed E-state index contributed by atoms with van der Waals surface area (Å²) in [7, 11) is 0. The van der Waals surface area contributed by atoms with Crippen molar-refractivity contribution in [3.63, 3.8) is 0 Å². The van der Waals surface area contributed by atoms with E-state index in [4.69, 9.17) is 23.2 Å². The maximum atomic E-state index is 10.2. The van der Waals surface area contributed by atoms with Crippen molar-refractivity contribution < 1.29 is 5.11 Å². The molecule has 0 spiro atoms. The van der Waals surface area contributed by atoms with E-state index in [9.17, 15) is 5.11 Å². The number of nitrogens with zero attached hydrogens (tertiary/aromatic N) is 1. The van der Waals surface area contributed by atoms with E-state index in [1.165, 1.54) is 0 Å². The van der Waals surface area contributed by atoms with Gasteiger partial charge in [-0.05, 0) is 30.7 Å². The molecule has 0 aliphatic heterocycles. The first-order valence-corrected chi connectivity index (χ1v) is 7.11. The molecule has 20 heavy (non-hydrogen) atoms. The largest absolute Gasteiger partial charge is 0.387 e. The van der Waals surface area contributed by atoms with E-state index in [0.29, 0.717) is 16.7 Å². The van der Waals surface area contributed by atoms with Gasteiger partial charge in [-0.15, -0.1) is 0 Å². The molecule has 0 fully saturated rings. The van der Waals surface area contributed by atoms with E-state index in [0.717, 1.165) is 11.1 Å². The number of rotatable bonds is 5. The van der Waals surface area contributed by atoms with Crippen molar-refractivity contribution in [2.24, 2.45) is 0 Å². The van der Waals surface area contributed by atoms with Gasteiger partial charge in [0.05, 0.1) is 6.10 Å². The van der Waals surface area contributed by atoms with E-state index in [1.807, 2.05) is 31.2 Å². The first-order chi connectivity index (χ1) is 9.58. The highest BCUT2D eigenvalue weighted by Gasteiger charge is 2.13. The zero-order valence-corrected chi connectivity index (χ0v) is 12.6. The average molecular weight is 311 g/mol. The molecule has 2 N–H and O–H groups in total. The number of hydrogen-bond donors (Lipinski definition) is 2. The van der Waals surface area contributed by atoms with Crippen molar-refractivity contribution in [2.45, 2.75) is 19.1 Å². The van der Waals surface area contributed by atoms with Crippen LogP contribution in [0, 0.1) is 0 Å². The van der Waals surface area contributed by atoms with E-state index in [2.05, 4.69) is 10.3 Å². The standard InChI is InChI=1S/C15H16Cl2N2O/c1-10(11-6-7-18-15(17)8-11)19-9-14(20)12-4-2-3-5-13(12)16/h2-8,10,14,19-20H,9H2,1H3. The van der Waals surface area contributed by atoms with E-state index < -0.39 is 6.10 Å². The number of aliphatic hydroxyl groups excluding tert-OH is 1. The monoisotopic (exact) mass is 310 g/mol. The molecule has 1 aromatic carbocycles. The Morgan fingerprint density at radius 1 is 1.25 bits per heavy atom. The minimum atomic E-state index is -0.650. The second-order valence-electron chi connectivity index (χ2n) is 4.58. The Kier molecular flexibility index (Phi) is 5.38. The topological polar surface area (TPSA) is 45.1 Å². The highest BCUT2D eigenvalue weighted by molar-refractivity contribution is 6.31. The van der Waals surface area contributed by atoms with Gasteiger partial charge in [-0.3, -0.25) is 0 Å². The molecular weight excluding hydrogens is 295 g/mol. The Morgan fingerprint density at radius 2 is 2.00 bits per heavy atom. The van der Waals surface area contributed by atoms with Gasteiger partial charge in [0.25, 0.3) is 0 Å². The van der Waals surface area contributed by atoms with Gasteiger partial charge in [0.1, 0.15) is 5.15 Å². The van der Waals surface area contributed by atoms with Crippen LogP contribution in [0.1, 0.15) is 30.2 Å². The molecule has 1 heterocycles. The van der Waals surface area contributed by atoms with Crippen LogP contribution in [0.3, 0.4) is 0 Å². The highest BCUT2D eigenvalue weighted by atomic mass is 35.5. The zero-order valence-electron chi connectivity index (χ0n) is 11.1. The Labute approximate surface area is 128 Å². The van der Waals surface area contributed by atoms with Crippen LogP contribution < -0.4 is 5.32 Å². The summed E-state index contributed by atoms with van der Waals surface area (Å²) in [5.41, 5.74) is 1.75. The van der Waals surface area contributed by atoms with E-state index >= 15 is 0 Å². The van der Waals surface area contributed by atoms with Crippen LogP contribution in [0.25, 0.3) is 0 Å². The van der Waals surface area contributed by atoms with Crippen LogP contribution in [0.15, 0.2) is 42.6 Å². The molecule has 0 amide bonds. The van der Waals surface area contributed by atoms with Crippen molar-refractivity contribution in [1.82, 2.24) is 10.3 Å². The molecule has 1 aromatic heterocycles. The molecule has 2 rings (SSSR count). The van der Waals surface area contributed by atoms with E-state index in [-0.39, 0.29) is 6.04 Å². The SMILES string of the molecule is CC(NCC(O)c1ccccc1Cl)c1ccnc(Cl)c1. The summed E-state index contributed by atoms with van der Waals surface area (Å²) in [5, 5.41) is 14.5. The van der Waals surface area contributed by atoms with Gasteiger partial charge < -0.3 is 10.4 Å². The van der Waals surface area contributed by atoms with Crippen LogP contribution >= 0.6 is 23.2 Å². The lowest BCUT2D eigenvalue weighted by atomic mass is 10.1. The summed E-state index contributed by atoms with van der Waals surface area (Å²) in [6.45, 7) is 2.41. The lowest BCUT2D eigenvalue weighted by Gasteiger charge is -2.18. The second-order valence-corrected chi connectivity index (χ2v) is 5.37. The first-order valence-electron chi connectivity index (χ1n) is 6.35. The molecule has 0 saturated heterocycles. The number of aliphatic hydroxyl groups is 1. The van der Waals surface area contributed by atoms with Crippen LogP contribution in [0.2, 0.25) is 10.2 Å². The van der Waals surface area contributed by atoms with Gasteiger partial charge in [-0.25, -0.2) is 4.98 Å². The molecule has 0 radical (unpaired) electrons. The quantitative estimate of drug-likeness (QED) is 0.826. The third-order valence-electron chi connectivity index (χ3n) is 3.13. The van der Waals surface area contributed by atoms with Crippen LogP contribution in [-0.4, -0.2) is 16.6 Å². The summed E-state index contributed by atoms with van der Waals surface area (Å²) < 4.78 is 0. The van der Waals surface area contributed by atoms with Gasteiger partial charge in [-0.2, -0.15) is 0 Å². The Morgan fingerprint density at radius 3 is 2.70 bits per heavy atom. The third kappa shape index (κ3) is 3.93. The van der Waals surface area contributed by atoms with Crippen molar-refractivity contribution in [3.05, 3.63) is 63.9 Å². The van der Waals surface area contributed by atoms with Crippen molar-refractivity contribution in [2.75, 3.05) is 6.54 Å². The molecule has 2 aromatic rings. The van der Waals surface area contributed by atoms with Crippen LogP contribution in [0.4, 0.5) is 0 Å². The fourth-order valence-electron chi connectivity index (χ4n) is 1.95. The fourth-order valence-corrected chi connectivity index (χ4v) is 2.39. The summed E-state index contributed by atoms with van der Waals surface area (Å²) >= 11 is 11.9. The van der Waals surface area contributed by atoms with Gasteiger partial charge in [0, 0.05) is 29.4 Å². The normalized spacial score (nSPS) is 14.0. The van der Waals surface area contributed by atoms with Crippen molar-refractivity contribution in [3.8, 4) is 0 Å². The molecule has 5 heteroatoms. The molecule has 0 aliphatic rings. The molecule has 0 bridgehead atoms. The number of halogens is 2. The summed E-state index contributed by atoms with van der Waals surface area (Å²) in [6, 6.07) is 11.1. The molecule has 2 unspecified atom stereocenters. The number of nitrogens with one attached hydrogen (secondary N) is 1. The van der Waals surface area contributed by atoms with Crippen molar-refractivity contribution >= 4 is 23.2 Å². The minimum Gasteiger partial charge on any atom is -0.387 e. The molecule has 0 aliphatic carbocycles. The molecule has 0 saturated carbocycles. The summed E-state index contributed by atoms with van der Waals surface area (Å²) in [4.78, 5) is 3.95. The fraction of sp³-hybridized carbons (Fsp3) is 0.267. The maximum absolute atomic E-state index is 10.2. The highest BCUT2D eigenvalue weighted by Crippen LogP contribution is 2.23. The van der Waals surface area contributed by atoms with Crippen LogP contribution in [-0.2, 0) is 0 Å². The summed E-state index contributed by atoms with van der Waals surface area (Å²) in [5.74, 6) is 0. The van der Waals surface area contributed by atoms with Crippen LogP contribution in [0.5, 0.6) is 0 Å². The first kappa shape index (κ1) is 15.3. The third-order valence-corrected chi connectivity index (χ3v) is 3.68. The van der Waals surface area contributed by atoms with Crippen molar-refractivity contribution in [1.29, 1.82) is 0 Å². The average Bonchev–Trinajstić information content (AvgIpc) is 2.45. The smallest absolute Gasteiger partial charge is 0.129 e. The predicted octanol–water partition coefficient (Wildman–Crippen LogP) is 3.77. The number of hydrogen-bond acceptors (Lipinski definition) is 3.